The molecule has 4 rings (SSSR count). The summed E-state index contributed by atoms with van der Waals surface area (Å²) in [6.45, 7) is 2.05. The first kappa shape index (κ1) is 17.3. The Labute approximate surface area is 161 Å². The lowest BCUT2D eigenvalue weighted by molar-refractivity contribution is -0.118. The van der Waals surface area contributed by atoms with Crippen molar-refractivity contribution in [1.82, 2.24) is 9.38 Å². The lowest BCUT2D eigenvalue weighted by atomic mass is 10.1. The van der Waals surface area contributed by atoms with Crippen LogP contribution < -0.4 is 10.1 Å². The van der Waals surface area contributed by atoms with Crippen LogP contribution in [-0.4, -0.2) is 21.9 Å². The van der Waals surface area contributed by atoms with Crippen LogP contribution in [0.3, 0.4) is 0 Å². The molecule has 0 radical (unpaired) electrons. The van der Waals surface area contributed by atoms with Crippen LogP contribution in [0.5, 0.6) is 5.75 Å². The first-order chi connectivity index (χ1) is 13.2. The zero-order valence-corrected chi connectivity index (χ0v) is 15.7. The summed E-state index contributed by atoms with van der Waals surface area (Å²) >= 11 is 1.60. The number of nitrogens with one attached hydrogen (secondary N) is 1. The molecule has 0 unspecified atom stereocenters. The molecular formula is C21H19N3O2S. The Morgan fingerprint density at radius 3 is 2.78 bits per heavy atom. The van der Waals surface area contributed by atoms with Crippen LogP contribution >= 0.6 is 11.3 Å². The second-order valence-corrected chi connectivity index (χ2v) is 6.97. The summed E-state index contributed by atoms with van der Waals surface area (Å²) in [6, 6.07) is 15.4. The van der Waals surface area contributed by atoms with Gasteiger partial charge in [-0.3, -0.25) is 9.20 Å². The summed E-state index contributed by atoms with van der Waals surface area (Å²) in [4.78, 5) is 17.7. The molecule has 0 aliphatic heterocycles. The molecule has 0 spiro atoms. The van der Waals surface area contributed by atoms with E-state index < -0.39 is 0 Å². The second kappa shape index (κ2) is 7.63. The molecule has 2 aromatic carbocycles. The average molecular weight is 377 g/mol. The van der Waals surface area contributed by atoms with Gasteiger partial charge in [0.25, 0.3) is 5.91 Å². The molecule has 1 amide bonds. The van der Waals surface area contributed by atoms with E-state index in [2.05, 4.69) is 17.2 Å². The molecule has 0 bridgehead atoms. The molecule has 2 heterocycles. The Hall–Kier alpha value is -3.12. The minimum atomic E-state index is -0.184. The lowest BCUT2D eigenvalue weighted by Gasteiger charge is -2.10. The maximum Gasteiger partial charge on any atom is 0.262 e. The van der Waals surface area contributed by atoms with Gasteiger partial charge in [-0.1, -0.05) is 37.3 Å². The fourth-order valence-corrected chi connectivity index (χ4v) is 3.57. The molecule has 0 saturated carbocycles. The van der Waals surface area contributed by atoms with E-state index in [4.69, 9.17) is 4.74 Å². The van der Waals surface area contributed by atoms with Gasteiger partial charge in [0.05, 0.1) is 5.69 Å². The summed E-state index contributed by atoms with van der Waals surface area (Å²) in [5.41, 5.74) is 3.75. The van der Waals surface area contributed by atoms with E-state index in [1.807, 2.05) is 70.7 Å². The van der Waals surface area contributed by atoms with E-state index >= 15 is 0 Å². The summed E-state index contributed by atoms with van der Waals surface area (Å²) < 4.78 is 7.66. The number of amides is 1. The number of rotatable bonds is 6. The number of thiazole rings is 1. The number of aryl methyl sites for hydroxylation is 1. The zero-order chi connectivity index (χ0) is 18.6. The third-order valence-corrected chi connectivity index (χ3v) is 5.04. The van der Waals surface area contributed by atoms with Crippen molar-refractivity contribution in [3.05, 3.63) is 71.9 Å². The van der Waals surface area contributed by atoms with Crippen molar-refractivity contribution < 1.29 is 9.53 Å². The van der Waals surface area contributed by atoms with E-state index in [-0.39, 0.29) is 12.5 Å². The van der Waals surface area contributed by atoms with Gasteiger partial charge >= 0.3 is 0 Å². The standard InChI is InChI=1S/C21H19N3O2S/c1-2-15-5-3-4-6-19(15)26-14-20(25)22-17-9-7-16(8-10-17)18-13-24-11-12-27-21(24)23-18/h3-13H,2,14H2,1H3,(H,22,25). The monoisotopic (exact) mass is 377 g/mol. The normalized spacial score (nSPS) is 10.9. The largest absolute Gasteiger partial charge is 0.483 e. The molecule has 5 nitrogen and oxygen atoms in total. The number of nitrogens with zero attached hydrogens (tertiary/aromatic N) is 2. The maximum atomic E-state index is 12.2. The maximum absolute atomic E-state index is 12.2. The molecule has 0 fully saturated rings. The van der Waals surface area contributed by atoms with E-state index in [0.717, 1.165) is 39.6 Å². The SMILES string of the molecule is CCc1ccccc1OCC(=O)Nc1ccc(-c2cn3ccsc3n2)cc1. The number of ether oxygens (including phenoxy) is 1. The molecule has 0 atom stereocenters. The van der Waals surface area contributed by atoms with Crippen LogP contribution in [0, 0.1) is 0 Å². The van der Waals surface area contributed by atoms with E-state index in [0.29, 0.717) is 0 Å². The molecular weight excluding hydrogens is 358 g/mol. The van der Waals surface area contributed by atoms with Crippen molar-refractivity contribution >= 4 is 27.9 Å². The van der Waals surface area contributed by atoms with Gasteiger partial charge in [0, 0.05) is 29.0 Å². The lowest BCUT2D eigenvalue weighted by Crippen LogP contribution is -2.20. The minimum absolute atomic E-state index is 0.0178. The molecule has 27 heavy (non-hydrogen) atoms. The van der Waals surface area contributed by atoms with E-state index in [9.17, 15) is 4.79 Å². The van der Waals surface area contributed by atoms with Crippen molar-refractivity contribution in [2.24, 2.45) is 0 Å². The second-order valence-electron chi connectivity index (χ2n) is 6.09. The molecule has 0 saturated heterocycles. The molecule has 2 aromatic heterocycles. The highest BCUT2D eigenvalue weighted by Crippen LogP contribution is 2.23. The number of imidazole rings is 1. The summed E-state index contributed by atoms with van der Waals surface area (Å²) in [5.74, 6) is 0.571. The zero-order valence-electron chi connectivity index (χ0n) is 14.9. The van der Waals surface area contributed by atoms with Crippen molar-refractivity contribution in [3.63, 3.8) is 0 Å². The fourth-order valence-electron chi connectivity index (χ4n) is 2.87. The van der Waals surface area contributed by atoms with Gasteiger partial charge in [0.15, 0.2) is 11.6 Å². The highest BCUT2D eigenvalue weighted by atomic mass is 32.1. The van der Waals surface area contributed by atoms with Gasteiger partial charge in [-0.2, -0.15) is 0 Å². The van der Waals surface area contributed by atoms with Crippen molar-refractivity contribution in [3.8, 4) is 17.0 Å². The molecule has 136 valence electrons. The number of hydrogen-bond donors (Lipinski definition) is 1. The third-order valence-electron chi connectivity index (χ3n) is 4.27. The predicted octanol–water partition coefficient (Wildman–Crippen LogP) is 4.64. The number of para-hydroxylation sites is 1. The molecule has 0 aliphatic carbocycles. The molecule has 4 aromatic rings. The molecule has 0 aliphatic rings. The fraction of sp³-hybridized carbons (Fsp3) is 0.143. The van der Waals surface area contributed by atoms with Crippen LogP contribution in [0.2, 0.25) is 0 Å². The van der Waals surface area contributed by atoms with Crippen LogP contribution in [0.15, 0.2) is 66.3 Å². The third kappa shape index (κ3) is 3.85. The number of aromatic nitrogens is 2. The number of hydrogen-bond acceptors (Lipinski definition) is 4. The predicted molar refractivity (Wildman–Crippen MR) is 108 cm³/mol. The van der Waals surface area contributed by atoms with Crippen LogP contribution in [0.1, 0.15) is 12.5 Å². The van der Waals surface area contributed by atoms with Crippen molar-refractivity contribution in [2.45, 2.75) is 13.3 Å². The Bertz CT molecular complexity index is 1040. The van der Waals surface area contributed by atoms with Gasteiger partial charge in [0.2, 0.25) is 0 Å². The van der Waals surface area contributed by atoms with Gasteiger partial charge in [-0.25, -0.2) is 4.98 Å². The summed E-state index contributed by atoms with van der Waals surface area (Å²) in [7, 11) is 0. The van der Waals surface area contributed by atoms with Gasteiger partial charge in [0.1, 0.15) is 5.75 Å². The number of carbonyl (C=O) groups is 1. The Morgan fingerprint density at radius 2 is 2.00 bits per heavy atom. The van der Waals surface area contributed by atoms with Crippen LogP contribution in [0.4, 0.5) is 5.69 Å². The smallest absolute Gasteiger partial charge is 0.262 e. The van der Waals surface area contributed by atoms with E-state index in [1.54, 1.807) is 11.3 Å². The van der Waals surface area contributed by atoms with Gasteiger partial charge < -0.3 is 10.1 Å². The van der Waals surface area contributed by atoms with E-state index in [1.165, 1.54) is 0 Å². The molecule has 1 N–H and O–H groups in total. The first-order valence-electron chi connectivity index (χ1n) is 8.76. The first-order valence-corrected chi connectivity index (χ1v) is 9.64. The minimum Gasteiger partial charge on any atom is -0.483 e. The number of carbonyl (C=O) groups excluding carboxylic acids is 1. The van der Waals surface area contributed by atoms with Gasteiger partial charge in [-0.05, 0) is 30.2 Å². The van der Waals surface area contributed by atoms with Crippen LogP contribution in [0.25, 0.3) is 16.2 Å². The average Bonchev–Trinajstić information content (AvgIpc) is 3.29. The van der Waals surface area contributed by atoms with Crippen LogP contribution in [-0.2, 0) is 11.2 Å². The molecule has 6 heteroatoms. The van der Waals surface area contributed by atoms with Crippen molar-refractivity contribution in [2.75, 3.05) is 11.9 Å². The number of fused-ring (bicyclic) bond motifs is 1. The summed E-state index contributed by atoms with van der Waals surface area (Å²) in [6.07, 6.45) is 4.85. The highest BCUT2D eigenvalue weighted by molar-refractivity contribution is 7.15. The number of benzene rings is 2. The van der Waals surface area contributed by atoms with Crippen molar-refractivity contribution in [1.29, 1.82) is 0 Å². The highest BCUT2D eigenvalue weighted by Gasteiger charge is 2.08. The Kier molecular flexibility index (Phi) is 4.89. The summed E-state index contributed by atoms with van der Waals surface area (Å²) in [5, 5.41) is 4.87. The topological polar surface area (TPSA) is 55.6 Å². The Balaban J connectivity index is 1.37. The number of anilines is 1. The van der Waals surface area contributed by atoms with Gasteiger partial charge in [-0.15, -0.1) is 11.3 Å². The quantitative estimate of drug-likeness (QED) is 0.532. The Morgan fingerprint density at radius 1 is 1.19 bits per heavy atom.